The molecule has 0 aromatic heterocycles. The van der Waals surface area contributed by atoms with Crippen LogP contribution in [0.2, 0.25) is 0 Å². The minimum absolute atomic E-state index is 0.163. The lowest BCUT2D eigenvalue weighted by Crippen LogP contribution is -2.37. The van der Waals surface area contributed by atoms with Crippen LogP contribution in [-0.2, 0) is 14.3 Å². The molecule has 122 valence electrons. The van der Waals surface area contributed by atoms with Crippen molar-refractivity contribution in [1.29, 1.82) is 0 Å². The number of methoxy groups -OCH3 is 1. The third-order valence-electron chi connectivity index (χ3n) is 3.88. The van der Waals surface area contributed by atoms with E-state index in [9.17, 15) is 9.59 Å². The number of rotatable bonds is 4. The zero-order valence-electron chi connectivity index (χ0n) is 13.7. The Morgan fingerprint density at radius 2 is 1.71 bits per heavy atom. The van der Waals surface area contributed by atoms with E-state index in [1.165, 1.54) is 13.5 Å². The van der Waals surface area contributed by atoms with E-state index in [1.54, 1.807) is 0 Å². The number of nitrogens with one attached hydrogen (secondary N) is 1. The maximum Gasteiger partial charge on any atom is 0.407 e. The Morgan fingerprint density at radius 3 is 2.29 bits per heavy atom. The highest BCUT2D eigenvalue weighted by Gasteiger charge is 2.27. The van der Waals surface area contributed by atoms with Gasteiger partial charge in [-0.1, -0.05) is 19.3 Å². The van der Waals surface area contributed by atoms with Gasteiger partial charge in [0.25, 0.3) is 0 Å². The highest BCUT2D eigenvalue weighted by Crippen LogP contribution is 2.31. The van der Waals surface area contributed by atoms with E-state index in [1.807, 2.05) is 20.8 Å². The third-order valence-corrected chi connectivity index (χ3v) is 3.88. The summed E-state index contributed by atoms with van der Waals surface area (Å²) in [5.41, 5.74) is -0.487. The molecule has 1 aliphatic rings. The summed E-state index contributed by atoms with van der Waals surface area (Å²) in [6.45, 7) is 6.10. The first-order chi connectivity index (χ1) is 9.81. The fourth-order valence-electron chi connectivity index (χ4n) is 2.82. The molecule has 1 rings (SSSR count). The molecule has 21 heavy (non-hydrogen) atoms. The zero-order chi connectivity index (χ0) is 15.9. The van der Waals surface area contributed by atoms with E-state index in [4.69, 9.17) is 9.47 Å². The largest absolute Gasteiger partial charge is 0.469 e. The number of amides is 1. The summed E-state index contributed by atoms with van der Waals surface area (Å²) in [6, 6.07) is 0. The minimum Gasteiger partial charge on any atom is -0.469 e. The summed E-state index contributed by atoms with van der Waals surface area (Å²) in [5.74, 6) is 0.443. The van der Waals surface area contributed by atoms with Crippen LogP contribution in [0.25, 0.3) is 0 Å². The van der Waals surface area contributed by atoms with E-state index >= 15 is 0 Å². The molecule has 0 aromatic rings. The number of esters is 1. The molecule has 0 aliphatic heterocycles. The number of carbonyl (C=O) groups excluding carboxylic acids is 2. The molecule has 0 spiro atoms. The second-order valence-corrected chi connectivity index (χ2v) is 6.82. The van der Waals surface area contributed by atoms with Gasteiger partial charge in [0.05, 0.1) is 7.11 Å². The van der Waals surface area contributed by atoms with E-state index in [-0.39, 0.29) is 18.0 Å². The lowest BCUT2D eigenvalue weighted by molar-refractivity contribution is -0.142. The summed E-state index contributed by atoms with van der Waals surface area (Å²) < 4.78 is 10.0. The number of alkyl carbamates (subject to hydrolysis) is 1. The smallest absolute Gasteiger partial charge is 0.407 e. The van der Waals surface area contributed by atoms with Gasteiger partial charge in [0.1, 0.15) is 5.60 Å². The van der Waals surface area contributed by atoms with Crippen molar-refractivity contribution in [3.63, 3.8) is 0 Å². The highest BCUT2D eigenvalue weighted by atomic mass is 16.6. The Morgan fingerprint density at radius 1 is 1.10 bits per heavy atom. The van der Waals surface area contributed by atoms with Crippen LogP contribution < -0.4 is 5.32 Å². The van der Waals surface area contributed by atoms with Crippen LogP contribution in [0.4, 0.5) is 4.79 Å². The summed E-state index contributed by atoms with van der Waals surface area (Å²) in [4.78, 5) is 23.3. The quantitative estimate of drug-likeness (QED) is 0.639. The average Bonchev–Trinajstić information content (AvgIpc) is 2.59. The molecule has 5 nitrogen and oxygen atoms in total. The molecule has 2 unspecified atom stereocenters. The number of carbonyl (C=O) groups is 2. The van der Waals surface area contributed by atoms with Crippen LogP contribution in [0.1, 0.15) is 59.3 Å². The Balaban J connectivity index is 2.51. The van der Waals surface area contributed by atoms with Gasteiger partial charge < -0.3 is 14.8 Å². The van der Waals surface area contributed by atoms with Gasteiger partial charge in [-0.15, -0.1) is 0 Å². The second-order valence-electron chi connectivity index (χ2n) is 6.82. The fourth-order valence-corrected chi connectivity index (χ4v) is 2.82. The van der Waals surface area contributed by atoms with Crippen molar-refractivity contribution >= 4 is 12.1 Å². The van der Waals surface area contributed by atoms with Crippen LogP contribution in [0.15, 0.2) is 0 Å². The van der Waals surface area contributed by atoms with Crippen molar-refractivity contribution in [2.75, 3.05) is 13.7 Å². The summed E-state index contributed by atoms with van der Waals surface area (Å²) in [6.07, 6.45) is 5.61. The van der Waals surface area contributed by atoms with E-state index in [2.05, 4.69) is 5.32 Å². The lowest BCUT2D eigenvalue weighted by atomic mass is 9.85. The molecule has 1 N–H and O–H groups in total. The van der Waals surface area contributed by atoms with Crippen LogP contribution in [0.5, 0.6) is 0 Å². The number of ether oxygens (including phenoxy) is 2. The molecule has 0 aromatic carbocycles. The van der Waals surface area contributed by atoms with Gasteiger partial charge in [-0.25, -0.2) is 4.79 Å². The van der Waals surface area contributed by atoms with Crippen molar-refractivity contribution in [1.82, 2.24) is 5.32 Å². The molecular weight excluding hydrogens is 270 g/mol. The number of hydrogen-bond donors (Lipinski definition) is 1. The van der Waals surface area contributed by atoms with E-state index < -0.39 is 5.60 Å². The highest BCUT2D eigenvalue weighted by molar-refractivity contribution is 5.69. The Bertz CT molecular complexity index is 349. The first-order valence-corrected chi connectivity index (χ1v) is 7.85. The van der Waals surface area contributed by atoms with Gasteiger partial charge in [-0.2, -0.15) is 0 Å². The first-order valence-electron chi connectivity index (χ1n) is 7.85. The van der Waals surface area contributed by atoms with Crippen LogP contribution in [0.3, 0.4) is 0 Å². The van der Waals surface area contributed by atoms with E-state index in [0.29, 0.717) is 18.9 Å². The topological polar surface area (TPSA) is 64.6 Å². The lowest BCUT2D eigenvalue weighted by Gasteiger charge is -2.26. The SMILES string of the molecule is COC(=O)CC1CCCCCC1CNC(=O)OC(C)(C)C. The van der Waals surface area contributed by atoms with Gasteiger partial charge >= 0.3 is 12.1 Å². The van der Waals surface area contributed by atoms with Gasteiger partial charge in [-0.05, 0) is 45.4 Å². The van der Waals surface area contributed by atoms with Gasteiger partial charge in [0, 0.05) is 13.0 Å². The van der Waals surface area contributed by atoms with Crippen molar-refractivity contribution < 1.29 is 19.1 Å². The molecule has 1 aliphatic carbocycles. The van der Waals surface area contributed by atoms with Crippen molar-refractivity contribution in [3.8, 4) is 0 Å². The maximum atomic E-state index is 11.7. The van der Waals surface area contributed by atoms with Crippen LogP contribution in [0, 0.1) is 11.8 Å². The maximum absolute atomic E-state index is 11.7. The van der Waals surface area contributed by atoms with E-state index in [0.717, 1.165) is 25.7 Å². The zero-order valence-corrected chi connectivity index (χ0v) is 13.7. The molecule has 1 fully saturated rings. The molecule has 0 saturated heterocycles. The monoisotopic (exact) mass is 299 g/mol. The third kappa shape index (κ3) is 7.34. The minimum atomic E-state index is -0.487. The molecule has 2 atom stereocenters. The van der Waals surface area contributed by atoms with Crippen molar-refractivity contribution in [2.24, 2.45) is 11.8 Å². The molecule has 1 amide bonds. The Labute approximate surface area is 127 Å². The average molecular weight is 299 g/mol. The molecule has 1 saturated carbocycles. The van der Waals surface area contributed by atoms with Crippen molar-refractivity contribution in [2.45, 2.75) is 64.9 Å². The van der Waals surface area contributed by atoms with Gasteiger partial charge in [0.15, 0.2) is 0 Å². The number of hydrogen-bond acceptors (Lipinski definition) is 4. The first kappa shape index (κ1) is 17.8. The molecule has 5 heteroatoms. The fraction of sp³-hybridized carbons (Fsp3) is 0.875. The Kier molecular flexibility index (Phi) is 6.99. The summed E-state index contributed by atoms with van der Waals surface area (Å²) in [5, 5.41) is 2.84. The summed E-state index contributed by atoms with van der Waals surface area (Å²) >= 11 is 0. The molecule has 0 heterocycles. The predicted octanol–water partition coefficient (Wildman–Crippen LogP) is 3.27. The molecule has 0 bridgehead atoms. The molecule has 0 radical (unpaired) electrons. The van der Waals surface area contributed by atoms with Crippen LogP contribution >= 0.6 is 0 Å². The normalized spacial score (nSPS) is 23.0. The van der Waals surface area contributed by atoms with Gasteiger partial charge in [-0.3, -0.25) is 4.79 Å². The van der Waals surface area contributed by atoms with Gasteiger partial charge in [0.2, 0.25) is 0 Å². The second kappa shape index (κ2) is 8.25. The predicted molar refractivity (Wildman–Crippen MR) is 80.9 cm³/mol. The standard InChI is InChI=1S/C16H29NO4/c1-16(2,3)21-15(19)17-11-13-9-7-5-6-8-12(13)10-14(18)20-4/h12-13H,5-11H2,1-4H3,(H,17,19). The summed E-state index contributed by atoms with van der Waals surface area (Å²) in [7, 11) is 1.42. The van der Waals surface area contributed by atoms with Crippen molar-refractivity contribution in [3.05, 3.63) is 0 Å². The molecular formula is C16H29NO4. The Hall–Kier alpha value is -1.26. The van der Waals surface area contributed by atoms with Crippen LogP contribution in [-0.4, -0.2) is 31.3 Å².